The summed E-state index contributed by atoms with van der Waals surface area (Å²) in [5.74, 6) is 1.10. The van der Waals surface area contributed by atoms with Crippen molar-refractivity contribution in [2.45, 2.75) is 38.6 Å². The molecule has 1 unspecified atom stereocenters. The third kappa shape index (κ3) is 4.46. The molecule has 2 aromatic heterocycles. The molecule has 1 saturated heterocycles. The minimum Gasteiger partial charge on any atom is -0.497 e. The molecule has 6 nitrogen and oxygen atoms in total. The number of rotatable bonds is 6. The average molecular weight is 440 g/mol. The van der Waals surface area contributed by atoms with Crippen LogP contribution in [0.1, 0.15) is 47.8 Å². The van der Waals surface area contributed by atoms with E-state index in [1.54, 1.807) is 13.2 Å². The Bertz CT molecular complexity index is 1050. The number of carbonyl (C=O) groups is 2. The predicted molar refractivity (Wildman–Crippen MR) is 124 cm³/mol. The van der Waals surface area contributed by atoms with Crippen LogP contribution in [0.5, 0.6) is 5.75 Å². The number of carbonyl (C=O) groups excluding carboxylic acids is 2. The summed E-state index contributed by atoms with van der Waals surface area (Å²) in [4.78, 5) is 31.6. The lowest BCUT2D eigenvalue weighted by Gasteiger charge is -2.35. The van der Waals surface area contributed by atoms with Crippen LogP contribution in [-0.4, -0.2) is 47.9 Å². The number of nitrogens with zero attached hydrogens (tertiary/aromatic N) is 1. The topological polar surface area (TPSA) is 74.4 Å². The summed E-state index contributed by atoms with van der Waals surface area (Å²) < 4.78 is 5.39. The molecule has 1 aromatic carbocycles. The van der Waals surface area contributed by atoms with Gasteiger partial charge in [0.25, 0.3) is 5.91 Å². The maximum atomic E-state index is 13.2. The zero-order valence-electron chi connectivity index (χ0n) is 18.2. The first-order chi connectivity index (χ1) is 15.0. The van der Waals surface area contributed by atoms with Crippen molar-refractivity contribution < 1.29 is 14.3 Å². The van der Waals surface area contributed by atoms with Crippen LogP contribution in [0, 0.1) is 5.92 Å². The van der Waals surface area contributed by atoms with Crippen LogP contribution in [0.15, 0.2) is 41.9 Å². The van der Waals surface area contributed by atoms with E-state index in [-0.39, 0.29) is 17.7 Å². The maximum absolute atomic E-state index is 13.2. The summed E-state index contributed by atoms with van der Waals surface area (Å²) in [6.45, 7) is 5.34. The normalized spacial score (nSPS) is 15.9. The molecule has 1 aliphatic heterocycles. The smallest absolute Gasteiger partial charge is 0.262 e. The molecule has 3 heterocycles. The fourth-order valence-corrected chi connectivity index (χ4v) is 4.95. The number of aromatic amines is 1. The number of fused-ring (bicyclic) bond motifs is 1. The molecule has 1 fully saturated rings. The van der Waals surface area contributed by atoms with Gasteiger partial charge in [-0.3, -0.25) is 9.59 Å². The van der Waals surface area contributed by atoms with Crippen LogP contribution < -0.4 is 10.1 Å². The predicted octanol–water partition coefficient (Wildman–Crippen LogP) is 4.40. The zero-order valence-corrected chi connectivity index (χ0v) is 19.0. The fraction of sp³-hybridized carbons (Fsp3) is 0.417. The van der Waals surface area contributed by atoms with Crippen molar-refractivity contribution in [1.82, 2.24) is 15.2 Å². The van der Waals surface area contributed by atoms with Gasteiger partial charge in [0.2, 0.25) is 5.91 Å². The highest BCUT2D eigenvalue weighted by atomic mass is 32.1. The summed E-state index contributed by atoms with van der Waals surface area (Å²) in [5, 5.41) is 6.01. The van der Waals surface area contributed by atoms with Gasteiger partial charge >= 0.3 is 0 Å². The number of methoxy groups -OCH3 is 1. The number of ether oxygens (including phenoxy) is 1. The first-order valence-electron chi connectivity index (χ1n) is 10.8. The largest absolute Gasteiger partial charge is 0.497 e. The van der Waals surface area contributed by atoms with E-state index in [9.17, 15) is 9.59 Å². The quantitative estimate of drug-likeness (QED) is 0.598. The Labute approximate surface area is 186 Å². The van der Waals surface area contributed by atoms with Crippen molar-refractivity contribution in [3.63, 3.8) is 0 Å². The minimum atomic E-state index is -0.511. The van der Waals surface area contributed by atoms with E-state index in [4.69, 9.17) is 4.74 Å². The highest BCUT2D eigenvalue weighted by Gasteiger charge is 2.32. The Hall–Kier alpha value is -2.80. The Kier molecular flexibility index (Phi) is 6.32. The molecule has 4 rings (SSSR count). The molecule has 3 aromatic rings. The van der Waals surface area contributed by atoms with Gasteiger partial charge in [-0.05, 0) is 59.9 Å². The highest BCUT2D eigenvalue weighted by molar-refractivity contribution is 7.12. The summed E-state index contributed by atoms with van der Waals surface area (Å²) >= 11 is 1.39. The average Bonchev–Trinajstić information content (AvgIpc) is 3.46. The summed E-state index contributed by atoms with van der Waals surface area (Å²) in [6.07, 6.45) is 3.89. The molecule has 0 radical (unpaired) electrons. The number of thiophene rings is 1. The lowest BCUT2D eigenvalue weighted by atomic mass is 9.88. The van der Waals surface area contributed by atoms with E-state index in [0.29, 0.717) is 23.9 Å². The highest BCUT2D eigenvalue weighted by Crippen LogP contribution is 2.35. The Morgan fingerprint density at radius 1 is 1.23 bits per heavy atom. The van der Waals surface area contributed by atoms with E-state index in [0.717, 1.165) is 24.1 Å². The van der Waals surface area contributed by atoms with Gasteiger partial charge in [-0.15, -0.1) is 11.3 Å². The van der Waals surface area contributed by atoms with E-state index >= 15 is 0 Å². The number of hydrogen-bond donors (Lipinski definition) is 2. The van der Waals surface area contributed by atoms with Crippen LogP contribution in [-0.2, 0) is 4.79 Å². The van der Waals surface area contributed by atoms with Gasteiger partial charge in [0, 0.05) is 30.2 Å². The second-order valence-electron chi connectivity index (χ2n) is 8.43. The lowest BCUT2D eigenvalue weighted by Crippen LogP contribution is -2.52. The van der Waals surface area contributed by atoms with Crippen molar-refractivity contribution in [2.75, 3.05) is 20.2 Å². The number of piperidine rings is 1. The number of likely N-dealkylation sites (tertiary alicyclic amines) is 1. The zero-order chi connectivity index (χ0) is 22.0. The van der Waals surface area contributed by atoms with Crippen LogP contribution in [0.4, 0.5) is 0 Å². The van der Waals surface area contributed by atoms with Gasteiger partial charge < -0.3 is 19.9 Å². The lowest BCUT2D eigenvalue weighted by molar-refractivity contribution is -0.135. The molecule has 7 heteroatoms. The van der Waals surface area contributed by atoms with Gasteiger partial charge in [0.05, 0.1) is 12.0 Å². The molecule has 0 spiro atoms. The van der Waals surface area contributed by atoms with Gasteiger partial charge in [-0.2, -0.15) is 0 Å². The molecular formula is C24H29N3O3S. The molecule has 0 bridgehead atoms. The molecule has 1 atom stereocenters. The van der Waals surface area contributed by atoms with Crippen LogP contribution in [0.2, 0.25) is 0 Å². The first-order valence-corrected chi connectivity index (χ1v) is 11.6. The molecule has 0 saturated carbocycles. The van der Waals surface area contributed by atoms with Crippen LogP contribution >= 0.6 is 11.3 Å². The molecule has 31 heavy (non-hydrogen) atoms. The second-order valence-corrected chi connectivity index (χ2v) is 9.38. The molecule has 2 N–H and O–H groups in total. The van der Waals surface area contributed by atoms with Gasteiger partial charge in [0.15, 0.2) is 0 Å². The Balaban J connectivity index is 1.42. The Morgan fingerprint density at radius 3 is 2.65 bits per heavy atom. The second kappa shape index (κ2) is 9.14. The third-order valence-corrected chi connectivity index (χ3v) is 7.00. The van der Waals surface area contributed by atoms with Crippen molar-refractivity contribution in [3.05, 3.63) is 52.3 Å². The van der Waals surface area contributed by atoms with Gasteiger partial charge in [-0.25, -0.2) is 0 Å². The molecule has 1 aliphatic rings. The van der Waals surface area contributed by atoms with E-state index in [2.05, 4.69) is 22.6 Å². The van der Waals surface area contributed by atoms with Crippen LogP contribution in [0.25, 0.3) is 10.9 Å². The fourth-order valence-electron chi connectivity index (χ4n) is 4.33. The minimum absolute atomic E-state index is 0.0129. The molecule has 2 amide bonds. The summed E-state index contributed by atoms with van der Waals surface area (Å²) in [5.41, 5.74) is 2.39. The third-order valence-electron chi connectivity index (χ3n) is 6.13. The first kappa shape index (κ1) is 21.4. The van der Waals surface area contributed by atoms with Gasteiger partial charge in [-0.1, -0.05) is 19.9 Å². The van der Waals surface area contributed by atoms with Crippen molar-refractivity contribution in [3.8, 4) is 5.75 Å². The number of hydrogen-bond acceptors (Lipinski definition) is 4. The van der Waals surface area contributed by atoms with Crippen molar-refractivity contribution in [2.24, 2.45) is 5.92 Å². The Morgan fingerprint density at radius 2 is 2.00 bits per heavy atom. The number of nitrogens with one attached hydrogen (secondary N) is 2. The number of benzene rings is 1. The number of H-pyrrole nitrogens is 1. The van der Waals surface area contributed by atoms with E-state index in [1.807, 2.05) is 42.3 Å². The summed E-state index contributed by atoms with van der Waals surface area (Å²) in [7, 11) is 1.68. The van der Waals surface area contributed by atoms with Gasteiger partial charge in [0.1, 0.15) is 11.8 Å². The van der Waals surface area contributed by atoms with Crippen LogP contribution in [0.3, 0.4) is 0 Å². The number of aromatic nitrogens is 1. The molecule has 164 valence electrons. The molecule has 0 aliphatic carbocycles. The number of amides is 2. The monoisotopic (exact) mass is 439 g/mol. The van der Waals surface area contributed by atoms with E-state index in [1.165, 1.54) is 22.3 Å². The standard InChI is InChI=1S/C24H29N3O3S/c1-15(2)22(26-23(28)21-5-4-12-31-21)24(29)27-10-8-16(9-11-27)19-14-25-20-7-6-17(30-3)13-18(19)20/h4-7,12-16,22,25H,8-11H2,1-3H3,(H,26,28). The molecular weight excluding hydrogens is 410 g/mol. The SMILES string of the molecule is COc1ccc2[nH]cc(C3CCN(C(=O)C(NC(=O)c4cccs4)C(C)C)CC3)c2c1. The maximum Gasteiger partial charge on any atom is 0.262 e. The summed E-state index contributed by atoms with van der Waals surface area (Å²) in [6, 6.07) is 9.19. The van der Waals surface area contributed by atoms with Crippen molar-refractivity contribution >= 4 is 34.1 Å². The van der Waals surface area contributed by atoms with E-state index < -0.39 is 6.04 Å². The van der Waals surface area contributed by atoms with Crippen molar-refractivity contribution in [1.29, 1.82) is 0 Å².